The van der Waals surface area contributed by atoms with Gasteiger partial charge in [-0.3, -0.25) is 9.48 Å². The van der Waals surface area contributed by atoms with Crippen molar-refractivity contribution in [3.8, 4) is 0 Å². The van der Waals surface area contributed by atoms with E-state index in [2.05, 4.69) is 21.0 Å². The first kappa shape index (κ1) is 13.1. The molecule has 3 rings (SSSR count). The molecule has 0 amide bonds. The highest BCUT2D eigenvalue weighted by molar-refractivity contribution is 9.10. The molecule has 0 aliphatic heterocycles. The highest BCUT2D eigenvalue weighted by Gasteiger charge is 2.16. The molecule has 0 radical (unpaired) electrons. The molecule has 0 bridgehead atoms. The van der Waals surface area contributed by atoms with Gasteiger partial charge in [0.25, 0.3) is 0 Å². The van der Waals surface area contributed by atoms with Gasteiger partial charge in [0.15, 0.2) is 5.76 Å². The predicted molar refractivity (Wildman–Crippen MR) is 79.9 cm³/mol. The zero-order valence-electron chi connectivity index (χ0n) is 11.2. The Morgan fingerprint density at radius 2 is 2.10 bits per heavy atom. The van der Waals surface area contributed by atoms with E-state index in [1.807, 2.05) is 38.1 Å². The number of Topliss-reactive ketones (excluding diaryl/α,β-unsaturated/α-hetero) is 1. The summed E-state index contributed by atoms with van der Waals surface area (Å²) in [6.07, 6.45) is 0. The lowest BCUT2D eigenvalue weighted by Crippen LogP contribution is -2.12. The molecule has 0 saturated carbocycles. The van der Waals surface area contributed by atoms with Crippen LogP contribution in [0.5, 0.6) is 0 Å². The van der Waals surface area contributed by atoms with Crippen LogP contribution in [0.15, 0.2) is 39.2 Å². The first-order chi connectivity index (χ1) is 9.56. The van der Waals surface area contributed by atoms with Crippen LogP contribution in [0.1, 0.15) is 21.9 Å². The Hall–Kier alpha value is -1.88. The van der Waals surface area contributed by atoms with E-state index in [0.29, 0.717) is 5.76 Å². The van der Waals surface area contributed by atoms with Crippen LogP contribution in [0.4, 0.5) is 0 Å². The minimum atomic E-state index is -0.0840. The maximum absolute atomic E-state index is 12.3. The number of carbonyl (C=O) groups excluding carboxylic acids is 1. The molecule has 1 aromatic carbocycles. The van der Waals surface area contributed by atoms with Crippen molar-refractivity contribution < 1.29 is 9.21 Å². The number of ketones is 1. The largest absolute Gasteiger partial charge is 0.453 e. The molecule has 0 aliphatic rings. The third-order valence-corrected chi connectivity index (χ3v) is 4.43. The van der Waals surface area contributed by atoms with Crippen LogP contribution in [-0.4, -0.2) is 15.6 Å². The highest BCUT2D eigenvalue weighted by atomic mass is 79.9. The van der Waals surface area contributed by atoms with Gasteiger partial charge in [-0.15, -0.1) is 0 Å². The second-order valence-electron chi connectivity index (χ2n) is 4.71. The van der Waals surface area contributed by atoms with E-state index in [1.165, 1.54) is 0 Å². The Kier molecular flexibility index (Phi) is 3.22. The lowest BCUT2D eigenvalue weighted by Gasteiger charge is -2.01. The second kappa shape index (κ2) is 4.90. The number of hydrogen-bond donors (Lipinski definition) is 0. The number of aryl methyl sites for hydroxylation is 1. The molecule has 20 heavy (non-hydrogen) atoms. The Balaban J connectivity index is 1.90. The smallest absolute Gasteiger partial charge is 0.219 e. The normalized spacial score (nSPS) is 11.2. The van der Waals surface area contributed by atoms with E-state index in [4.69, 9.17) is 4.42 Å². The van der Waals surface area contributed by atoms with E-state index in [9.17, 15) is 4.79 Å². The number of halogens is 1. The van der Waals surface area contributed by atoms with Crippen molar-refractivity contribution >= 4 is 32.7 Å². The molecule has 0 fully saturated rings. The predicted octanol–water partition coefficient (Wildman–Crippen LogP) is 3.89. The Labute approximate surface area is 124 Å². The Morgan fingerprint density at radius 3 is 2.75 bits per heavy atom. The van der Waals surface area contributed by atoms with Crippen molar-refractivity contribution in [2.24, 2.45) is 0 Å². The van der Waals surface area contributed by atoms with E-state index >= 15 is 0 Å². The fourth-order valence-corrected chi connectivity index (χ4v) is 2.45. The van der Waals surface area contributed by atoms with Crippen LogP contribution in [0.25, 0.3) is 11.0 Å². The van der Waals surface area contributed by atoms with Crippen LogP contribution in [0, 0.1) is 13.8 Å². The number of furan rings is 1. The van der Waals surface area contributed by atoms with Crippen LogP contribution >= 0.6 is 15.9 Å². The van der Waals surface area contributed by atoms with Crippen LogP contribution in [0.3, 0.4) is 0 Å². The first-order valence-electron chi connectivity index (χ1n) is 6.27. The van der Waals surface area contributed by atoms with Gasteiger partial charge < -0.3 is 4.42 Å². The number of fused-ring (bicyclic) bond motifs is 1. The molecule has 3 aromatic rings. The summed E-state index contributed by atoms with van der Waals surface area (Å²) in [7, 11) is 0. The number of rotatable bonds is 3. The number of hydrogen-bond acceptors (Lipinski definition) is 3. The number of para-hydroxylation sites is 1. The SMILES string of the molecule is Cc1nn(CC(=O)c2cc3ccccc3o2)c(C)c1Br. The van der Waals surface area contributed by atoms with Crippen molar-refractivity contribution in [1.82, 2.24) is 9.78 Å². The monoisotopic (exact) mass is 332 g/mol. The van der Waals surface area contributed by atoms with Gasteiger partial charge in [-0.05, 0) is 41.9 Å². The van der Waals surface area contributed by atoms with Gasteiger partial charge in [0.2, 0.25) is 5.78 Å². The maximum atomic E-state index is 12.3. The summed E-state index contributed by atoms with van der Waals surface area (Å²) in [5.41, 5.74) is 2.54. The molecule has 0 aliphatic carbocycles. The van der Waals surface area contributed by atoms with Gasteiger partial charge >= 0.3 is 0 Å². The first-order valence-corrected chi connectivity index (χ1v) is 7.07. The van der Waals surface area contributed by atoms with Crippen molar-refractivity contribution in [3.63, 3.8) is 0 Å². The third kappa shape index (κ3) is 2.18. The molecule has 0 atom stereocenters. The van der Waals surface area contributed by atoms with Crippen molar-refractivity contribution in [2.75, 3.05) is 0 Å². The lowest BCUT2D eigenvalue weighted by molar-refractivity contribution is 0.0941. The van der Waals surface area contributed by atoms with Crippen molar-refractivity contribution in [2.45, 2.75) is 20.4 Å². The number of nitrogens with zero attached hydrogens (tertiary/aromatic N) is 2. The average Bonchev–Trinajstić information content (AvgIpc) is 2.97. The maximum Gasteiger partial charge on any atom is 0.219 e. The number of benzene rings is 1. The van der Waals surface area contributed by atoms with E-state index < -0.39 is 0 Å². The van der Waals surface area contributed by atoms with Gasteiger partial charge in [-0.25, -0.2) is 0 Å². The van der Waals surface area contributed by atoms with E-state index in [1.54, 1.807) is 10.7 Å². The summed E-state index contributed by atoms with van der Waals surface area (Å²) >= 11 is 3.46. The molecule has 0 unspecified atom stereocenters. The summed E-state index contributed by atoms with van der Waals surface area (Å²) in [5, 5.41) is 5.27. The van der Waals surface area contributed by atoms with E-state index in [-0.39, 0.29) is 12.3 Å². The van der Waals surface area contributed by atoms with Gasteiger partial charge in [0.05, 0.1) is 15.9 Å². The average molecular weight is 333 g/mol. The molecule has 2 heterocycles. The zero-order chi connectivity index (χ0) is 14.3. The molecule has 102 valence electrons. The summed E-state index contributed by atoms with van der Waals surface area (Å²) < 4.78 is 8.21. The lowest BCUT2D eigenvalue weighted by atomic mass is 10.2. The molecule has 2 aromatic heterocycles. The quantitative estimate of drug-likeness (QED) is 0.683. The van der Waals surface area contributed by atoms with Crippen LogP contribution in [-0.2, 0) is 6.54 Å². The topological polar surface area (TPSA) is 48.0 Å². The fourth-order valence-electron chi connectivity index (χ4n) is 2.16. The summed E-state index contributed by atoms with van der Waals surface area (Å²) in [5.74, 6) is 0.286. The Bertz CT molecular complexity index is 768. The van der Waals surface area contributed by atoms with Crippen LogP contribution in [0.2, 0.25) is 0 Å². The third-order valence-electron chi connectivity index (χ3n) is 3.29. The molecular weight excluding hydrogens is 320 g/mol. The van der Waals surface area contributed by atoms with Crippen molar-refractivity contribution in [1.29, 1.82) is 0 Å². The van der Waals surface area contributed by atoms with Gasteiger partial charge in [0.1, 0.15) is 12.1 Å². The summed E-state index contributed by atoms with van der Waals surface area (Å²) in [4.78, 5) is 12.3. The van der Waals surface area contributed by atoms with Crippen LogP contribution < -0.4 is 0 Å². The summed E-state index contributed by atoms with van der Waals surface area (Å²) in [6.45, 7) is 4.01. The number of aromatic nitrogens is 2. The number of carbonyl (C=O) groups is 1. The molecule has 5 heteroatoms. The minimum absolute atomic E-state index is 0.0840. The van der Waals surface area contributed by atoms with Gasteiger partial charge in [-0.2, -0.15) is 5.10 Å². The second-order valence-corrected chi connectivity index (χ2v) is 5.51. The standard InChI is InChI=1S/C15H13BrN2O2/c1-9-15(16)10(2)18(17-9)8-12(19)14-7-11-5-3-4-6-13(11)20-14/h3-7H,8H2,1-2H3. The molecule has 4 nitrogen and oxygen atoms in total. The molecule has 0 saturated heterocycles. The molecule has 0 N–H and O–H groups in total. The van der Waals surface area contributed by atoms with Gasteiger partial charge in [-0.1, -0.05) is 18.2 Å². The van der Waals surface area contributed by atoms with Crippen molar-refractivity contribution in [3.05, 3.63) is 52.0 Å². The fraction of sp³-hybridized carbons (Fsp3) is 0.200. The Morgan fingerprint density at radius 1 is 1.35 bits per heavy atom. The zero-order valence-corrected chi connectivity index (χ0v) is 12.8. The summed E-state index contributed by atoms with van der Waals surface area (Å²) in [6, 6.07) is 9.36. The van der Waals surface area contributed by atoms with Gasteiger partial charge in [0, 0.05) is 5.39 Å². The minimum Gasteiger partial charge on any atom is -0.453 e. The highest BCUT2D eigenvalue weighted by Crippen LogP contribution is 2.22. The van der Waals surface area contributed by atoms with E-state index in [0.717, 1.165) is 26.8 Å². The molecule has 0 spiro atoms. The molecular formula is C15H13BrN2O2.